The van der Waals surface area contributed by atoms with E-state index < -0.39 is 0 Å². The molecule has 0 spiro atoms. The van der Waals surface area contributed by atoms with Crippen molar-refractivity contribution in [1.82, 2.24) is 20.4 Å². The maximum Gasteiger partial charge on any atom is 0.273 e. The maximum absolute atomic E-state index is 12.5. The van der Waals surface area contributed by atoms with Crippen molar-refractivity contribution in [2.75, 3.05) is 23.6 Å². The van der Waals surface area contributed by atoms with Gasteiger partial charge in [0.2, 0.25) is 0 Å². The lowest BCUT2D eigenvalue weighted by molar-refractivity contribution is 0.0959. The van der Waals surface area contributed by atoms with Crippen molar-refractivity contribution >= 4 is 49.9 Å². The monoisotopic (exact) mass is 421 g/mol. The Labute approximate surface area is 176 Å². The fraction of sp³-hybridized carbons (Fsp3) is 0.100. The summed E-state index contributed by atoms with van der Waals surface area (Å²) in [7, 11) is 1.50. The average molecular weight is 421 g/mol. The van der Waals surface area contributed by atoms with Crippen molar-refractivity contribution < 1.29 is 9.53 Å². The number of fused-ring (bicyclic) bond motifs is 1. The molecule has 0 fully saturated rings. The van der Waals surface area contributed by atoms with E-state index in [4.69, 9.17) is 10.5 Å². The van der Waals surface area contributed by atoms with E-state index >= 15 is 0 Å². The minimum atomic E-state index is -0.387. The van der Waals surface area contributed by atoms with Gasteiger partial charge in [-0.2, -0.15) is 0 Å². The van der Waals surface area contributed by atoms with E-state index in [1.165, 1.54) is 24.8 Å². The van der Waals surface area contributed by atoms with Gasteiger partial charge in [0.1, 0.15) is 17.8 Å². The second kappa shape index (κ2) is 8.21. The van der Waals surface area contributed by atoms with E-state index in [0.717, 1.165) is 15.8 Å². The maximum atomic E-state index is 12.5. The minimum Gasteiger partial charge on any atom is -0.496 e. The number of amides is 1. The zero-order chi connectivity index (χ0) is 21.1. The summed E-state index contributed by atoms with van der Waals surface area (Å²) in [4.78, 5) is 25.3. The van der Waals surface area contributed by atoms with Gasteiger partial charge in [-0.3, -0.25) is 15.6 Å². The van der Waals surface area contributed by atoms with Gasteiger partial charge in [-0.1, -0.05) is 29.5 Å². The number of hydrazine groups is 1. The van der Waals surface area contributed by atoms with Crippen LogP contribution < -0.4 is 26.6 Å². The summed E-state index contributed by atoms with van der Waals surface area (Å²) in [5.41, 5.74) is 14.2. The van der Waals surface area contributed by atoms with Crippen LogP contribution in [0.5, 0.6) is 5.75 Å². The minimum absolute atomic E-state index is 0.244. The fourth-order valence-corrected chi connectivity index (χ4v) is 3.76. The summed E-state index contributed by atoms with van der Waals surface area (Å²) in [5.74, 6) is 0.713. The van der Waals surface area contributed by atoms with E-state index in [1.54, 1.807) is 24.3 Å². The number of aromatic nitrogens is 3. The molecule has 1 amide bonds. The van der Waals surface area contributed by atoms with Crippen LogP contribution in [0.25, 0.3) is 10.2 Å². The number of nitrogens with zero attached hydrogens (tertiary/aromatic N) is 3. The first kappa shape index (κ1) is 19.4. The molecule has 9 nitrogen and oxygen atoms in total. The lowest BCUT2D eigenvalue weighted by Gasteiger charge is -2.13. The van der Waals surface area contributed by atoms with Crippen LogP contribution in [0.3, 0.4) is 0 Å². The Morgan fingerprint density at radius 1 is 1.13 bits per heavy atom. The number of benzene rings is 2. The van der Waals surface area contributed by atoms with Crippen LogP contribution in [0.1, 0.15) is 15.9 Å². The summed E-state index contributed by atoms with van der Waals surface area (Å²) in [6, 6.07) is 12.9. The number of nitrogens with one attached hydrogen (secondary N) is 3. The molecule has 30 heavy (non-hydrogen) atoms. The number of carbonyl (C=O) groups excluding carboxylic acids is 1. The molecule has 2 heterocycles. The van der Waals surface area contributed by atoms with Crippen LogP contribution in [0.4, 0.5) is 22.5 Å². The Bertz CT molecular complexity index is 1220. The van der Waals surface area contributed by atoms with Gasteiger partial charge in [0.25, 0.3) is 5.91 Å². The molecule has 152 valence electrons. The number of thiazole rings is 1. The number of nitrogen functional groups attached to an aromatic ring is 1. The van der Waals surface area contributed by atoms with E-state index in [-0.39, 0.29) is 17.4 Å². The van der Waals surface area contributed by atoms with Gasteiger partial charge >= 0.3 is 0 Å². The van der Waals surface area contributed by atoms with E-state index in [9.17, 15) is 4.79 Å². The second-order valence-electron chi connectivity index (χ2n) is 6.38. The summed E-state index contributed by atoms with van der Waals surface area (Å²) >= 11 is 1.50. The highest BCUT2D eigenvalue weighted by molar-refractivity contribution is 7.22. The Hall–Kier alpha value is -3.92. The zero-order valence-electron chi connectivity index (χ0n) is 16.3. The zero-order valence-corrected chi connectivity index (χ0v) is 17.1. The number of rotatable bonds is 6. The first-order chi connectivity index (χ1) is 14.5. The summed E-state index contributed by atoms with van der Waals surface area (Å²) < 4.78 is 6.27. The molecule has 5 N–H and O–H groups in total. The largest absolute Gasteiger partial charge is 0.496 e. The number of carbonyl (C=O) groups is 1. The van der Waals surface area contributed by atoms with Gasteiger partial charge in [-0.15, -0.1) is 0 Å². The van der Waals surface area contributed by atoms with Crippen molar-refractivity contribution in [3.05, 3.63) is 59.9 Å². The highest BCUT2D eigenvalue weighted by Crippen LogP contribution is 2.31. The van der Waals surface area contributed by atoms with Crippen LogP contribution in [-0.2, 0) is 0 Å². The molecule has 0 unspecified atom stereocenters. The van der Waals surface area contributed by atoms with Crippen molar-refractivity contribution in [2.45, 2.75) is 6.92 Å². The van der Waals surface area contributed by atoms with Gasteiger partial charge in [0.15, 0.2) is 16.8 Å². The van der Waals surface area contributed by atoms with Crippen LogP contribution in [0, 0.1) is 6.92 Å². The molecule has 0 radical (unpaired) electrons. The molecule has 2 aromatic carbocycles. The third-order valence-electron chi connectivity index (χ3n) is 4.30. The Morgan fingerprint density at radius 3 is 2.77 bits per heavy atom. The summed E-state index contributed by atoms with van der Waals surface area (Å²) in [5, 5.41) is 3.78. The molecule has 0 bridgehead atoms. The van der Waals surface area contributed by atoms with E-state index in [1.807, 2.05) is 19.1 Å². The Kier molecular flexibility index (Phi) is 5.31. The standard InChI is InChI=1S/C20H19N7O2S/c1-11-7-8-13-15(9-11)30-20(24-13)25-17-16(21)18(23-10-22-17)26-27-19(28)12-5-3-4-6-14(12)29-2/h3-10H,21H2,1-2H3,(H,27,28)(H2,22,23,24,25,26). The number of para-hydroxylation sites is 1. The van der Waals surface area contributed by atoms with Gasteiger partial charge < -0.3 is 15.8 Å². The molecule has 4 rings (SSSR count). The molecule has 0 aliphatic rings. The number of nitrogens with two attached hydrogens (primary N) is 1. The van der Waals surface area contributed by atoms with Crippen molar-refractivity contribution in [3.63, 3.8) is 0 Å². The number of aryl methyl sites for hydroxylation is 1. The molecular formula is C20H19N7O2S. The second-order valence-corrected chi connectivity index (χ2v) is 7.41. The number of hydrogen-bond donors (Lipinski definition) is 4. The summed E-state index contributed by atoms with van der Waals surface area (Å²) in [6.45, 7) is 2.03. The number of ether oxygens (including phenoxy) is 1. The lowest BCUT2D eigenvalue weighted by atomic mass is 10.2. The molecule has 4 aromatic rings. The van der Waals surface area contributed by atoms with E-state index in [2.05, 4.69) is 37.2 Å². The normalized spacial score (nSPS) is 10.6. The topological polar surface area (TPSA) is 127 Å². The van der Waals surface area contributed by atoms with Crippen molar-refractivity contribution in [1.29, 1.82) is 0 Å². The predicted octanol–water partition coefficient (Wildman–Crippen LogP) is 3.49. The summed E-state index contributed by atoms with van der Waals surface area (Å²) in [6.07, 6.45) is 1.34. The third-order valence-corrected chi connectivity index (χ3v) is 5.23. The van der Waals surface area contributed by atoms with Gasteiger partial charge in [0.05, 0.1) is 22.9 Å². The molecular weight excluding hydrogens is 402 g/mol. The highest BCUT2D eigenvalue weighted by Gasteiger charge is 2.14. The smallest absolute Gasteiger partial charge is 0.273 e. The molecule has 2 aromatic heterocycles. The van der Waals surface area contributed by atoms with Crippen molar-refractivity contribution in [2.24, 2.45) is 0 Å². The van der Waals surface area contributed by atoms with Gasteiger partial charge in [-0.05, 0) is 36.8 Å². The molecule has 0 atom stereocenters. The van der Waals surface area contributed by atoms with Crippen molar-refractivity contribution in [3.8, 4) is 5.75 Å². The molecule has 10 heteroatoms. The quantitative estimate of drug-likeness (QED) is 0.349. The first-order valence-electron chi connectivity index (χ1n) is 8.99. The Balaban J connectivity index is 1.50. The lowest BCUT2D eigenvalue weighted by Crippen LogP contribution is -2.30. The van der Waals surface area contributed by atoms with Crippen LogP contribution in [0.15, 0.2) is 48.8 Å². The van der Waals surface area contributed by atoms with E-state index in [0.29, 0.717) is 22.3 Å². The SMILES string of the molecule is COc1ccccc1C(=O)NNc1ncnc(Nc2nc3ccc(C)cc3s2)c1N. The van der Waals surface area contributed by atoms with Crippen LogP contribution >= 0.6 is 11.3 Å². The van der Waals surface area contributed by atoms with Gasteiger partial charge in [0, 0.05) is 0 Å². The third kappa shape index (κ3) is 3.94. The average Bonchev–Trinajstić information content (AvgIpc) is 3.15. The van der Waals surface area contributed by atoms with Crippen LogP contribution in [-0.4, -0.2) is 28.0 Å². The fourth-order valence-electron chi connectivity index (χ4n) is 2.80. The predicted molar refractivity (Wildman–Crippen MR) is 118 cm³/mol. The Morgan fingerprint density at radius 2 is 1.93 bits per heavy atom. The molecule has 0 saturated heterocycles. The first-order valence-corrected chi connectivity index (χ1v) is 9.81. The van der Waals surface area contributed by atoms with Gasteiger partial charge in [-0.25, -0.2) is 15.0 Å². The highest BCUT2D eigenvalue weighted by atomic mass is 32.1. The molecule has 0 saturated carbocycles. The molecule has 0 aliphatic heterocycles. The number of hydrogen-bond acceptors (Lipinski definition) is 9. The number of methoxy groups -OCH3 is 1. The van der Waals surface area contributed by atoms with Crippen LogP contribution in [0.2, 0.25) is 0 Å². The molecule has 0 aliphatic carbocycles. The number of anilines is 4.